The Morgan fingerprint density at radius 2 is 1.79 bits per heavy atom. The third-order valence-electron chi connectivity index (χ3n) is 4.66. The largest absolute Gasteiger partial charge is 0.322 e. The smallest absolute Gasteiger partial charge is 0.321 e. The highest BCUT2D eigenvalue weighted by Gasteiger charge is 2.17. The van der Waals surface area contributed by atoms with E-state index >= 15 is 0 Å². The minimum atomic E-state index is -0.225. The Kier molecular flexibility index (Phi) is 6.11. The molecule has 0 atom stereocenters. The number of carbonyl (C=O) groups excluding carboxylic acids is 1. The van der Waals surface area contributed by atoms with Gasteiger partial charge in [0.05, 0.1) is 12.1 Å². The number of amides is 2. The van der Waals surface area contributed by atoms with Crippen LogP contribution >= 0.6 is 0 Å². The van der Waals surface area contributed by atoms with Crippen LogP contribution in [0.4, 0.5) is 10.5 Å². The zero-order valence-electron chi connectivity index (χ0n) is 16.5. The lowest BCUT2D eigenvalue weighted by Gasteiger charge is -2.24. The first-order chi connectivity index (χ1) is 13.4. The molecule has 0 aliphatic rings. The summed E-state index contributed by atoms with van der Waals surface area (Å²) < 4.78 is 0. The second kappa shape index (κ2) is 8.71. The SMILES string of the molecule is Cc1cccc2cc(CN(CCN(C)C)C(=O)Nc3ccccc3)c(=O)[nH]c12. The Morgan fingerprint density at radius 1 is 1.04 bits per heavy atom. The number of aromatic amines is 1. The summed E-state index contributed by atoms with van der Waals surface area (Å²) in [6, 6.07) is 16.9. The highest BCUT2D eigenvalue weighted by molar-refractivity contribution is 5.89. The number of para-hydroxylation sites is 2. The van der Waals surface area contributed by atoms with Crippen LogP contribution in [0.3, 0.4) is 0 Å². The van der Waals surface area contributed by atoms with Crippen LogP contribution in [0.2, 0.25) is 0 Å². The van der Waals surface area contributed by atoms with Gasteiger partial charge in [0.15, 0.2) is 0 Å². The fraction of sp³-hybridized carbons (Fsp3) is 0.273. The molecule has 28 heavy (non-hydrogen) atoms. The van der Waals surface area contributed by atoms with Crippen molar-refractivity contribution in [1.82, 2.24) is 14.8 Å². The van der Waals surface area contributed by atoms with Crippen molar-refractivity contribution in [3.05, 3.63) is 76.1 Å². The van der Waals surface area contributed by atoms with Gasteiger partial charge in [-0.1, -0.05) is 36.4 Å². The van der Waals surface area contributed by atoms with E-state index in [9.17, 15) is 9.59 Å². The van der Waals surface area contributed by atoms with E-state index in [4.69, 9.17) is 0 Å². The lowest BCUT2D eigenvalue weighted by Crippen LogP contribution is -2.40. The third-order valence-corrected chi connectivity index (χ3v) is 4.66. The summed E-state index contributed by atoms with van der Waals surface area (Å²) in [5, 5.41) is 3.87. The number of anilines is 1. The van der Waals surface area contributed by atoms with Crippen molar-refractivity contribution in [3.63, 3.8) is 0 Å². The van der Waals surface area contributed by atoms with Crippen molar-refractivity contribution in [2.45, 2.75) is 13.5 Å². The van der Waals surface area contributed by atoms with Crippen molar-refractivity contribution < 1.29 is 4.79 Å². The van der Waals surface area contributed by atoms with E-state index in [1.807, 2.05) is 80.5 Å². The molecule has 3 aromatic rings. The van der Waals surface area contributed by atoms with Gasteiger partial charge < -0.3 is 20.1 Å². The summed E-state index contributed by atoms with van der Waals surface area (Å²) in [5.41, 5.74) is 2.99. The number of rotatable bonds is 6. The molecular weight excluding hydrogens is 352 g/mol. The van der Waals surface area contributed by atoms with Crippen LogP contribution in [-0.2, 0) is 6.54 Å². The number of likely N-dealkylation sites (N-methyl/N-ethyl adjacent to an activating group) is 1. The van der Waals surface area contributed by atoms with Gasteiger partial charge >= 0.3 is 6.03 Å². The molecule has 2 amide bonds. The predicted octanol–water partition coefficient (Wildman–Crippen LogP) is 3.43. The lowest BCUT2D eigenvalue weighted by atomic mass is 10.1. The molecule has 1 heterocycles. The normalized spacial score (nSPS) is 11.0. The average molecular weight is 378 g/mol. The molecule has 146 valence electrons. The summed E-state index contributed by atoms with van der Waals surface area (Å²) in [5.74, 6) is 0. The molecule has 6 heteroatoms. The van der Waals surface area contributed by atoms with Crippen molar-refractivity contribution in [2.75, 3.05) is 32.5 Å². The number of carbonyl (C=O) groups is 1. The molecule has 0 aliphatic carbocycles. The summed E-state index contributed by atoms with van der Waals surface area (Å²) in [7, 11) is 3.91. The monoisotopic (exact) mass is 378 g/mol. The number of nitrogens with one attached hydrogen (secondary N) is 2. The maximum absolute atomic E-state index is 12.8. The zero-order chi connectivity index (χ0) is 20.1. The first-order valence-corrected chi connectivity index (χ1v) is 9.31. The molecule has 2 aromatic carbocycles. The summed E-state index contributed by atoms with van der Waals surface area (Å²) in [6.07, 6.45) is 0. The van der Waals surface area contributed by atoms with Crippen molar-refractivity contribution in [2.24, 2.45) is 0 Å². The van der Waals surface area contributed by atoms with Crippen molar-refractivity contribution in [1.29, 1.82) is 0 Å². The number of hydrogen-bond donors (Lipinski definition) is 2. The van der Waals surface area contributed by atoms with Gasteiger partial charge in [-0.2, -0.15) is 0 Å². The number of aromatic nitrogens is 1. The Balaban J connectivity index is 1.86. The van der Waals surface area contributed by atoms with Crippen LogP contribution in [-0.4, -0.2) is 48.0 Å². The van der Waals surface area contributed by atoms with Gasteiger partial charge in [-0.05, 0) is 50.2 Å². The van der Waals surface area contributed by atoms with Gasteiger partial charge in [0.25, 0.3) is 5.56 Å². The van der Waals surface area contributed by atoms with Gasteiger partial charge in [0.1, 0.15) is 0 Å². The molecule has 1 aromatic heterocycles. The minimum Gasteiger partial charge on any atom is -0.321 e. The molecule has 0 unspecified atom stereocenters. The van der Waals surface area contributed by atoms with Crippen LogP contribution < -0.4 is 10.9 Å². The Bertz CT molecular complexity index is 1010. The van der Waals surface area contributed by atoms with E-state index in [2.05, 4.69) is 10.3 Å². The number of hydrogen-bond acceptors (Lipinski definition) is 3. The first kappa shape index (κ1) is 19.6. The third kappa shape index (κ3) is 4.78. The molecule has 0 bridgehead atoms. The summed E-state index contributed by atoms with van der Waals surface area (Å²) >= 11 is 0. The van der Waals surface area contributed by atoms with E-state index in [0.29, 0.717) is 18.7 Å². The van der Waals surface area contributed by atoms with Crippen LogP contribution in [0.5, 0.6) is 0 Å². The summed E-state index contributed by atoms with van der Waals surface area (Å²) in [6.45, 7) is 3.42. The Hall–Kier alpha value is -3.12. The van der Waals surface area contributed by atoms with Gasteiger partial charge in [-0.15, -0.1) is 0 Å². The maximum atomic E-state index is 12.8. The molecule has 0 fully saturated rings. The quantitative estimate of drug-likeness (QED) is 0.690. The Morgan fingerprint density at radius 3 is 2.50 bits per heavy atom. The number of urea groups is 1. The van der Waals surface area contributed by atoms with Crippen LogP contribution in [0, 0.1) is 6.92 Å². The van der Waals surface area contributed by atoms with Crippen LogP contribution in [0.15, 0.2) is 59.4 Å². The number of benzene rings is 2. The molecular formula is C22H26N4O2. The molecule has 0 spiro atoms. The highest BCUT2D eigenvalue weighted by atomic mass is 16.2. The fourth-order valence-electron chi connectivity index (χ4n) is 3.05. The van der Waals surface area contributed by atoms with Crippen LogP contribution in [0.1, 0.15) is 11.1 Å². The molecule has 0 aliphatic heterocycles. The molecule has 3 rings (SSSR count). The molecule has 0 saturated heterocycles. The number of nitrogens with zero attached hydrogens (tertiary/aromatic N) is 2. The fourth-order valence-corrected chi connectivity index (χ4v) is 3.05. The lowest BCUT2D eigenvalue weighted by molar-refractivity contribution is 0.202. The minimum absolute atomic E-state index is 0.163. The van der Waals surface area contributed by atoms with E-state index < -0.39 is 0 Å². The number of H-pyrrole nitrogens is 1. The molecule has 2 N–H and O–H groups in total. The van der Waals surface area contributed by atoms with E-state index in [1.54, 1.807) is 4.90 Å². The second-order valence-electron chi connectivity index (χ2n) is 7.18. The van der Waals surface area contributed by atoms with Crippen molar-refractivity contribution >= 4 is 22.6 Å². The highest BCUT2D eigenvalue weighted by Crippen LogP contribution is 2.16. The topological polar surface area (TPSA) is 68.4 Å². The Labute approximate surface area is 164 Å². The predicted molar refractivity (Wildman–Crippen MR) is 114 cm³/mol. The standard InChI is InChI=1S/C22H26N4O2/c1-16-8-7-9-17-14-18(21(27)24-20(16)17)15-26(13-12-25(2)3)22(28)23-19-10-5-4-6-11-19/h4-11,14H,12-13,15H2,1-3H3,(H,23,28)(H,24,27). The molecule has 0 radical (unpaired) electrons. The van der Waals surface area contributed by atoms with E-state index in [-0.39, 0.29) is 18.1 Å². The van der Waals surface area contributed by atoms with Crippen LogP contribution in [0.25, 0.3) is 10.9 Å². The second-order valence-corrected chi connectivity index (χ2v) is 7.18. The van der Waals surface area contributed by atoms with Gasteiger partial charge in [-0.3, -0.25) is 4.79 Å². The average Bonchev–Trinajstić information content (AvgIpc) is 2.67. The van der Waals surface area contributed by atoms with Gasteiger partial charge in [0.2, 0.25) is 0 Å². The molecule has 6 nitrogen and oxygen atoms in total. The maximum Gasteiger partial charge on any atom is 0.322 e. The van der Waals surface area contributed by atoms with Crippen molar-refractivity contribution in [3.8, 4) is 0 Å². The molecule has 0 saturated carbocycles. The van der Waals surface area contributed by atoms with Gasteiger partial charge in [-0.25, -0.2) is 4.79 Å². The summed E-state index contributed by atoms with van der Waals surface area (Å²) in [4.78, 5) is 32.1. The van der Waals surface area contributed by atoms with E-state index in [0.717, 1.165) is 22.2 Å². The number of pyridine rings is 1. The number of aryl methyl sites for hydroxylation is 1. The zero-order valence-corrected chi connectivity index (χ0v) is 16.5. The first-order valence-electron chi connectivity index (χ1n) is 9.31. The van der Waals surface area contributed by atoms with Gasteiger partial charge in [0, 0.05) is 24.3 Å². The van der Waals surface area contributed by atoms with E-state index in [1.165, 1.54) is 0 Å². The number of fused-ring (bicyclic) bond motifs is 1.